The van der Waals surface area contributed by atoms with Gasteiger partial charge < -0.3 is 0 Å². The Hall–Kier alpha value is -3.18. The second kappa shape index (κ2) is 25.0. The van der Waals surface area contributed by atoms with Gasteiger partial charge in [-0.2, -0.15) is 0 Å². The molecule has 0 aliphatic carbocycles. The van der Waals surface area contributed by atoms with Gasteiger partial charge in [-0.25, -0.2) is 4.57 Å². The Morgan fingerprint density at radius 3 is 1.61 bits per heavy atom. The smallest absolute Gasteiger partial charge is 0.171 e. The zero-order chi connectivity index (χ0) is 32.7. The summed E-state index contributed by atoms with van der Waals surface area (Å²) in [5, 5.41) is 0.953. The highest BCUT2D eigenvalue weighted by Crippen LogP contribution is 2.08. The summed E-state index contributed by atoms with van der Waals surface area (Å²) in [6.45, 7) is 13.8. The molecule has 0 radical (unpaired) electrons. The molecule has 0 saturated heterocycles. The maximum Gasteiger partial charge on any atom is 0.171 e. The van der Waals surface area contributed by atoms with Gasteiger partial charge in [-0.3, -0.25) is 4.98 Å². The van der Waals surface area contributed by atoms with Crippen LogP contribution in [0, 0.1) is 51.4 Å². The molecule has 4 heteroatoms. The van der Waals surface area contributed by atoms with Gasteiger partial charge in [-0.05, 0) is 112 Å². The summed E-state index contributed by atoms with van der Waals surface area (Å²) in [7, 11) is 0. The van der Waals surface area contributed by atoms with E-state index in [1.165, 1.54) is 71.9 Å². The molecule has 0 N–H and O–H groups in total. The lowest BCUT2D eigenvalue weighted by Crippen LogP contribution is -2.33. The number of pyridine rings is 2. The number of aromatic nitrogens is 2. The van der Waals surface area contributed by atoms with Gasteiger partial charge >= 0.3 is 0 Å². The van der Waals surface area contributed by atoms with Crippen LogP contribution in [0.5, 0.6) is 0 Å². The van der Waals surface area contributed by atoms with E-state index in [2.05, 4.69) is 158 Å². The van der Waals surface area contributed by atoms with Crippen LogP contribution in [0.2, 0.25) is 0 Å². The van der Waals surface area contributed by atoms with Gasteiger partial charge in [-0.15, -0.1) is 17.0 Å². The first-order valence-electron chi connectivity index (χ1n) is 16.4. The fourth-order valence-corrected chi connectivity index (χ4v) is 4.45. The van der Waals surface area contributed by atoms with Crippen molar-refractivity contribution in [2.75, 3.05) is 5.33 Å². The van der Waals surface area contributed by atoms with Gasteiger partial charge in [0.2, 0.25) is 0 Å². The summed E-state index contributed by atoms with van der Waals surface area (Å²) in [5.41, 5.74) is 10.3. The summed E-state index contributed by atoms with van der Waals surface area (Å²) >= 11 is 3.36. The van der Waals surface area contributed by atoms with Crippen molar-refractivity contribution in [2.24, 2.45) is 0 Å². The first kappa shape index (κ1) is 40.8. The minimum atomic E-state index is 0. The highest BCUT2D eigenvalue weighted by atomic mass is 79.9. The number of hydrogen-bond donors (Lipinski definition) is 0. The average Bonchev–Trinajstić information content (AvgIpc) is 3.06. The zero-order valence-electron chi connectivity index (χ0n) is 28.8. The number of halogens is 2. The number of hydrogen-bond acceptors (Lipinski definition) is 1. The SMILES string of the molecule is Br.CCCCc1ccc(C#CCCBr)cc1.CCCCc1ccc(C#CCC[n+]2ccc(C)c(C)c2)cc1.Cc1ccncc1C. The Labute approximate surface area is 299 Å². The molecule has 46 heavy (non-hydrogen) atoms. The van der Waals surface area contributed by atoms with Crippen molar-refractivity contribution < 1.29 is 4.57 Å². The van der Waals surface area contributed by atoms with Gasteiger partial charge in [0.25, 0.3) is 0 Å². The van der Waals surface area contributed by atoms with Gasteiger partial charge in [0.1, 0.15) is 0 Å². The molecule has 4 aromatic rings. The minimum absolute atomic E-state index is 0. The Morgan fingerprint density at radius 1 is 0.652 bits per heavy atom. The van der Waals surface area contributed by atoms with Crippen LogP contribution < -0.4 is 4.57 Å². The van der Waals surface area contributed by atoms with Crippen LogP contribution in [-0.2, 0) is 19.4 Å². The third-order valence-corrected chi connectivity index (χ3v) is 7.92. The van der Waals surface area contributed by atoms with Gasteiger partial charge in [0.05, 0.1) is 6.42 Å². The molecule has 2 aromatic carbocycles. The lowest BCUT2D eigenvalue weighted by molar-refractivity contribution is -0.696. The molecule has 2 aromatic heterocycles. The zero-order valence-corrected chi connectivity index (χ0v) is 32.1. The summed E-state index contributed by atoms with van der Waals surface area (Å²) in [5.74, 6) is 12.8. The fourth-order valence-electron chi connectivity index (χ4n) is 4.25. The van der Waals surface area contributed by atoms with Crippen LogP contribution in [0.15, 0.2) is 85.5 Å². The van der Waals surface area contributed by atoms with E-state index in [-0.39, 0.29) is 17.0 Å². The first-order valence-corrected chi connectivity index (χ1v) is 17.5. The molecule has 0 saturated carbocycles. The summed E-state index contributed by atoms with van der Waals surface area (Å²) in [6, 6.07) is 21.5. The quantitative estimate of drug-likeness (QED) is 0.0947. The average molecular weight is 746 g/mol. The van der Waals surface area contributed by atoms with E-state index in [4.69, 9.17) is 0 Å². The fraction of sp³-hybridized carbons (Fsp3) is 0.381. The van der Waals surface area contributed by atoms with Crippen LogP contribution in [0.4, 0.5) is 0 Å². The minimum Gasteiger partial charge on any atom is -0.264 e. The Balaban J connectivity index is 0.000000380. The number of unbranched alkanes of at least 4 members (excludes halogenated alkanes) is 2. The molecule has 2 nitrogen and oxygen atoms in total. The van der Waals surface area contributed by atoms with Crippen molar-refractivity contribution in [1.82, 2.24) is 4.98 Å². The van der Waals surface area contributed by atoms with Crippen molar-refractivity contribution in [2.45, 2.75) is 99.5 Å². The van der Waals surface area contributed by atoms with Crippen LogP contribution in [0.1, 0.15) is 96.9 Å². The molecule has 244 valence electrons. The van der Waals surface area contributed by atoms with E-state index in [0.29, 0.717) is 0 Å². The topological polar surface area (TPSA) is 16.8 Å². The predicted octanol–water partition coefficient (Wildman–Crippen LogP) is 10.8. The number of benzene rings is 2. The summed E-state index contributed by atoms with van der Waals surface area (Å²) < 4.78 is 2.21. The standard InChI is InChI=1S/C21H26N.C14H17Br.C7H9N.BrH/c1-4-5-8-20-10-12-21(13-11-20)9-6-7-15-22-16-14-18(2)19(3)17-22;1-2-3-6-13-8-10-14(11-9-13)7-4-5-12-15;1-6-3-4-8-5-7(6)2;/h10-14,16-17H,4-5,7-8,15H2,1-3H3;8-11H,2-3,5-6,12H2,1H3;3-5H,1-2H3;1H/q+1;;;. The Morgan fingerprint density at radius 2 is 1.17 bits per heavy atom. The summed E-state index contributed by atoms with van der Waals surface area (Å²) in [6.07, 6.45) is 17.2. The highest BCUT2D eigenvalue weighted by molar-refractivity contribution is 9.09. The van der Waals surface area contributed by atoms with E-state index in [0.717, 1.165) is 35.8 Å². The van der Waals surface area contributed by atoms with Crippen molar-refractivity contribution in [3.05, 3.63) is 130 Å². The molecule has 0 unspecified atom stereocenters. The molecular weight excluding hydrogens is 692 g/mol. The normalized spacial score (nSPS) is 9.54. The monoisotopic (exact) mass is 743 g/mol. The van der Waals surface area contributed by atoms with Crippen LogP contribution >= 0.6 is 32.9 Å². The lowest BCUT2D eigenvalue weighted by atomic mass is 10.1. The number of nitrogens with zero attached hydrogens (tertiary/aromatic N) is 2. The predicted molar refractivity (Wildman–Crippen MR) is 207 cm³/mol. The molecule has 0 fully saturated rings. The number of rotatable bonds is 9. The lowest BCUT2D eigenvalue weighted by Gasteiger charge is -1.99. The van der Waals surface area contributed by atoms with Crippen LogP contribution in [-0.4, -0.2) is 10.3 Å². The molecule has 0 spiro atoms. The van der Waals surface area contributed by atoms with Crippen molar-refractivity contribution in [1.29, 1.82) is 0 Å². The molecule has 0 bridgehead atoms. The number of alkyl halides is 1. The van der Waals surface area contributed by atoms with Crippen molar-refractivity contribution >= 4 is 32.9 Å². The van der Waals surface area contributed by atoms with E-state index >= 15 is 0 Å². The van der Waals surface area contributed by atoms with E-state index < -0.39 is 0 Å². The maximum absolute atomic E-state index is 3.95. The summed E-state index contributed by atoms with van der Waals surface area (Å²) in [4.78, 5) is 3.95. The third-order valence-electron chi connectivity index (χ3n) is 7.52. The Bertz CT molecular complexity index is 1500. The second-order valence-electron chi connectivity index (χ2n) is 11.4. The number of aryl methyl sites for hydroxylation is 7. The van der Waals surface area contributed by atoms with E-state index in [9.17, 15) is 0 Å². The molecule has 0 atom stereocenters. The first-order chi connectivity index (χ1) is 21.9. The highest BCUT2D eigenvalue weighted by Gasteiger charge is 2.01. The van der Waals surface area contributed by atoms with Gasteiger partial charge in [0, 0.05) is 46.9 Å². The second-order valence-corrected chi connectivity index (χ2v) is 12.2. The Kier molecular flexibility index (Phi) is 22.2. The molecule has 2 heterocycles. The van der Waals surface area contributed by atoms with Crippen LogP contribution in [0.25, 0.3) is 0 Å². The molecule has 0 aliphatic rings. The van der Waals surface area contributed by atoms with Crippen molar-refractivity contribution in [3.8, 4) is 23.7 Å². The molecule has 0 aliphatic heterocycles. The largest absolute Gasteiger partial charge is 0.264 e. The van der Waals surface area contributed by atoms with E-state index in [1.54, 1.807) is 0 Å². The van der Waals surface area contributed by atoms with Gasteiger partial charge in [-0.1, -0.05) is 90.6 Å². The van der Waals surface area contributed by atoms with Crippen LogP contribution in [0.3, 0.4) is 0 Å². The third kappa shape index (κ3) is 17.5. The molecule has 4 rings (SSSR count). The van der Waals surface area contributed by atoms with E-state index in [1.807, 2.05) is 18.5 Å². The maximum atomic E-state index is 3.95. The molecular formula is C42H53Br2N2+. The van der Waals surface area contributed by atoms with Gasteiger partial charge in [0.15, 0.2) is 18.9 Å². The van der Waals surface area contributed by atoms with Crippen molar-refractivity contribution in [3.63, 3.8) is 0 Å². The molecule has 0 amide bonds.